The summed E-state index contributed by atoms with van der Waals surface area (Å²) in [4.78, 5) is 55.8. The van der Waals surface area contributed by atoms with E-state index < -0.39 is 47.9 Å². The number of nitrogens with two attached hydrogens (primary N) is 4. The Kier molecular flexibility index (Phi) is 13.0. The SMILES string of the molecule is CC(C)C(NC(=O)C1CCCN1C(=O)C(CCCN=C(N)N)NC(=O)C(N)CCCCN)C(=O)O. The number of guanidine groups is 1. The number of unbranched alkanes of at least 4 members (excludes halogenated alkanes) is 1. The zero-order valence-electron chi connectivity index (χ0n) is 20.7. The molecule has 11 N–H and O–H groups in total. The van der Waals surface area contributed by atoms with Crippen molar-refractivity contribution in [3.05, 3.63) is 0 Å². The van der Waals surface area contributed by atoms with Crippen LogP contribution in [0.15, 0.2) is 4.99 Å². The standard InChI is InChI=1S/C22H42N8O5/c1-13(2)17(21(34)35)29-19(32)16-9-6-12-30(16)20(33)15(8-5-11-27-22(25)26)28-18(31)14(24)7-3-4-10-23/h13-17H,3-12,23-24H2,1-2H3,(H,28,31)(H,29,32)(H,34,35)(H4,25,26,27). The number of hydrogen-bond acceptors (Lipinski definition) is 7. The zero-order chi connectivity index (χ0) is 26.5. The van der Waals surface area contributed by atoms with Crippen molar-refractivity contribution in [3.8, 4) is 0 Å². The molecule has 1 fully saturated rings. The topological polar surface area (TPSA) is 232 Å². The summed E-state index contributed by atoms with van der Waals surface area (Å²) in [5, 5.41) is 14.7. The highest BCUT2D eigenvalue weighted by molar-refractivity contribution is 5.94. The monoisotopic (exact) mass is 498 g/mol. The van der Waals surface area contributed by atoms with Crippen molar-refractivity contribution in [2.75, 3.05) is 19.6 Å². The average Bonchev–Trinajstić information content (AvgIpc) is 3.28. The van der Waals surface area contributed by atoms with Gasteiger partial charge in [-0.15, -0.1) is 0 Å². The molecule has 4 atom stereocenters. The minimum absolute atomic E-state index is 0.0757. The number of hydrogen-bond donors (Lipinski definition) is 7. The molecule has 0 saturated carbocycles. The van der Waals surface area contributed by atoms with Crippen molar-refractivity contribution in [1.82, 2.24) is 15.5 Å². The van der Waals surface area contributed by atoms with E-state index in [1.807, 2.05) is 0 Å². The number of carbonyl (C=O) groups excluding carboxylic acids is 3. The number of aliphatic imine (C=N–C) groups is 1. The fraction of sp³-hybridized carbons (Fsp3) is 0.773. The maximum Gasteiger partial charge on any atom is 0.326 e. The maximum absolute atomic E-state index is 13.4. The Balaban J connectivity index is 2.95. The van der Waals surface area contributed by atoms with Gasteiger partial charge in [0.05, 0.1) is 6.04 Å². The lowest BCUT2D eigenvalue weighted by atomic mass is 10.0. The van der Waals surface area contributed by atoms with E-state index in [1.165, 1.54) is 4.90 Å². The number of carboxylic acid groups (broad SMARTS) is 1. The van der Waals surface area contributed by atoms with Crippen LogP contribution < -0.4 is 33.6 Å². The number of amides is 3. The van der Waals surface area contributed by atoms with Crippen LogP contribution in [0, 0.1) is 5.92 Å². The van der Waals surface area contributed by atoms with Gasteiger partial charge in [-0.25, -0.2) is 4.79 Å². The normalized spacial score (nSPS) is 18.0. The van der Waals surface area contributed by atoms with Crippen molar-refractivity contribution < 1.29 is 24.3 Å². The molecule has 4 unspecified atom stereocenters. The summed E-state index contributed by atoms with van der Waals surface area (Å²) in [6, 6.07) is -3.61. The molecule has 0 bridgehead atoms. The molecule has 0 aliphatic carbocycles. The zero-order valence-corrected chi connectivity index (χ0v) is 20.7. The Morgan fingerprint density at radius 2 is 1.77 bits per heavy atom. The highest BCUT2D eigenvalue weighted by Gasteiger charge is 2.39. The number of likely N-dealkylation sites (tertiary alicyclic amines) is 1. The number of carboxylic acids is 1. The summed E-state index contributed by atoms with van der Waals surface area (Å²) < 4.78 is 0. The second-order valence-corrected chi connectivity index (χ2v) is 9.16. The fourth-order valence-electron chi connectivity index (χ4n) is 3.95. The van der Waals surface area contributed by atoms with Crippen LogP contribution in [0.2, 0.25) is 0 Å². The van der Waals surface area contributed by atoms with E-state index in [4.69, 9.17) is 22.9 Å². The predicted octanol–water partition coefficient (Wildman–Crippen LogP) is -1.80. The lowest BCUT2D eigenvalue weighted by Gasteiger charge is -2.30. The van der Waals surface area contributed by atoms with Gasteiger partial charge in [0.1, 0.15) is 18.1 Å². The van der Waals surface area contributed by atoms with Crippen molar-refractivity contribution in [3.63, 3.8) is 0 Å². The Morgan fingerprint density at radius 1 is 1.09 bits per heavy atom. The Labute approximate surface area is 206 Å². The highest BCUT2D eigenvalue weighted by Crippen LogP contribution is 2.20. The predicted molar refractivity (Wildman–Crippen MR) is 132 cm³/mol. The molecule has 35 heavy (non-hydrogen) atoms. The maximum atomic E-state index is 13.4. The van der Waals surface area contributed by atoms with Gasteiger partial charge in [0.15, 0.2) is 5.96 Å². The van der Waals surface area contributed by atoms with Gasteiger partial charge in [-0.05, 0) is 51.0 Å². The average molecular weight is 499 g/mol. The third-order valence-corrected chi connectivity index (χ3v) is 5.93. The summed E-state index contributed by atoms with van der Waals surface area (Å²) in [5.41, 5.74) is 22.2. The van der Waals surface area contributed by atoms with E-state index >= 15 is 0 Å². The highest BCUT2D eigenvalue weighted by atomic mass is 16.4. The number of nitrogens with one attached hydrogen (secondary N) is 2. The molecule has 0 aromatic rings. The van der Waals surface area contributed by atoms with Gasteiger partial charge < -0.3 is 43.6 Å². The first-order chi connectivity index (χ1) is 16.5. The molecule has 0 spiro atoms. The van der Waals surface area contributed by atoms with Crippen LogP contribution >= 0.6 is 0 Å². The van der Waals surface area contributed by atoms with Gasteiger partial charge in [-0.3, -0.25) is 19.4 Å². The van der Waals surface area contributed by atoms with Crippen LogP contribution in [0.4, 0.5) is 0 Å². The first-order valence-corrected chi connectivity index (χ1v) is 12.1. The van der Waals surface area contributed by atoms with Gasteiger partial charge in [-0.1, -0.05) is 20.3 Å². The van der Waals surface area contributed by atoms with E-state index in [9.17, 15) is 24.3 Å². The van der Waals surface area contributed by atoms with E-state index in [0.717, 1.165) is 6.42 Å². The van der Waals surface area contributed by atoms with Gasteiger partial charge in [0.2, 0.25) is 17.7 Å². The summed E-state index contributed by atoms with van der Waals surface area (Å²) in [6.45, 7) is 4.46. The molecule has 0 aromatic heterocycles. The largest absolute Gasteiger partial charge is 0.480 e. The smallest absolute Gasteiger partial charge is 0.326 e. The molecular formula is C22H42N8O5. The second kappa shape index (κ2) is 15.1. The quantitative estimate of drug-likeness (QED) is 0.0765. The van der Waals surface area contributed by atoms with Crippen molar-refractivity contribution in [1.29, 1.82) is 0 Å². The minimum atomic E-state index is -1.14. The van der Waals surface area contributed by atoms with Gasteiger partial charge in [0, 0.05) is 13.1 Å². The summed E-state index contributed by atoms with van der Waals surface area (Å²) in [7, 11) is 0. The Bertz CT molecular complexity index is 756. The number of aliphatic carboxylic acids is 1. The molecule has 13 nitrogen and oxygen atoms in total. The number of rotatable bonds is 15. The third kappa shape index (κ3) is 10.1. The van der Waals surface area contributed by atoms with E-state index in [2.05, 4.69) is 15.6 Å². The van der Waals surface area contributed by atoms with Gasteiger partial charge in [-0.2, -0.15) is 0 Å². The van der Waals surface area contributed by atoms with Crippen LogP contribution in [0.1, 0.15) is 58.8 Å². The van der Waals surface area contributed by atoms with Crippen molar-refractivity contribution in [2.45, 2.75) is 83.0 Å². The molecule has 1 rings (SSSR count). The van der Waals surface area contributed by atoms with Crippen LogP contribution in [0.5, 0.6) is 0 Å². The van der Waals surface area contributed by atoms with Gasteiger partial charge in [0.25, 0.3) is 0 Å². The molecule has 1 aliphatic heterocycles. The number of carbonyl (C=O) groups is 4. The van der Waals surface area contributed by atoms with E-state index in [0.29, 0.717) is 45.2 Å². The summed E-state index contributed by atoms with van der Waals surface area (Å²) in [6.07, 6.45) is 3.48. The molecule has 3 amide bonds. The molecule has 1 saturated heterocycles. The van der Waals surface area contributed by atoms with Crippen molar-refractivity contribution in [2.24, 2.45) is 33.8 Å². The van der Waals surface area contributed by atoms with E-state index in [-0.39, 0.29) is 24.8 Å². The first kappa shape index (κ1) is 30.1. The molecule has 200 valence electrons. The van der Waals surface area contributed by atoms with Crippen molar-refractivity contribution >= 4 is 29.7 Å². The molecule has 0 aromatic carbocycles. The Hall–Kier alpha value is -2.93. The second-order valence-electron chi connectivity index (χ2n) is 9.16. The molecule has 1 heterocycles. The molecule has 0 radical (unpaired) electrons. The minimum Gasteiger partial charge on any atom is -0.480 e. The molecular weight excluding hydrogens is 456 g/mol. The lowest BCUT2D eigenvalue weighted by molar-refractivity contribution is -0.145. The third-order valence-electron chi connectivity index (χ3n) is 5.93. The van der Waals surface area contributed by atoms with Crippen LogP contribution in [0.25, 0.3) is 0 Å². The lowest BCUT2D eigenvalue weighted by Crippen LogP contribution is -2.57. The van der Waals surface area contributed by atoms with Crippen LogP contribution in [-0.4, -0.2) is 83.5 Å². The fourth-order valence-corrected chi connectivity index (χ4v) is 3.95. The summed E-state index contributed by atoms with van der Waals surface area (Å²) >= 11 is 0. The number of nitrogens with zero attached hydrogens (tertiary/aromatic N) is 2. The van der Waals surface area contributed by atoms with Gasteiger partial charge >= 0.3 is 5.97 Å². The molecule has 1 aliphatic rings. The van der Waals surface area contributed by atoms with Crippen LogP contribution in [-0.2, 0) is 19.2 Å². The Morgan fingerprint density at radius 3 is 2.34 bits per heavy atom. The van der Waals surface area contributed by atoms with Crippen LogP contribution in [0.3, 0.4) is 0 Å². The van der Waals surface area contributed by atoms with E-state index in [1.54, 1.807) is 13.8 Å². The first-order valence-electron chi connectivity index (χ1n) is 12.1. The molecule has 13 heteroatoms. The summed E-state index contributed by atoms with van der Waals surface area (Å²) in [5.74, 6) is -2.96.